The summed E-state index contributed by atoms with van der Waals surface area (Å²) < 4.78 is 16.0. The molecule has 0 saturated carbocycles. The van der Waals surface area contributed by atoms with Crippen LogP contribution in [0.25, 0.3) is 0 Å². The van der Waals surface area contributed by atoms with E-state index in [2.05, 4.69) is 27.2 Å². The Kier molecular flexibility index (Phi) is 6.70. The van der Waals surface area contributed by atoms with Crippen molar-refractivity contribution < 1.29 is 14.2 Å². The van der Waals surface area contributed by atoms with E-state index in [4.69, 9.17) is 38.0 Å². The SMILES string of the molecule is COc1cccc(N2CCN(C(=S)Nc3cc(OC)c(Cl)cc3OC)CC2)c1. The lowest BCUT2D eigenvalue weighted by molar-refractivity contribution is 0.388. The van der Waals surface area contributed by atoms with Crippen molar-refractivity contribution in [2.24, 2.45) is 0 Å². The Morgan fingerprint density at radius 2 is 1.68 bits per heavy atom. The molecule has 0 aromatic heterocycles. The minimum atomic E-state index is 0.489. The zero-order chi connectivity index (χ0) is 20.1. The molecule has 1 N–H and O–H groups in total. The molecule has 1 aliphatic heterocycles. The average Bonchev–Trinajstić information content (AvgIpc) is 2.74. The van der Waals surface area contributed by atoms with Crippen LogP contribution in [-0.4, -0.2) is 57.5 Å². The van der Waals surface area contributed by atoms with Crippen LogP contribution in [0, 0.1) is 0 Å². The highest BCUT2D eigenvalue weighted by Crippen LogP contribution is 2.36. The molecule has 2 aromatic carbocycles. The number of nitrogens with one attached hydrogen (secondary N) is 1. The van der Waals surface area contributed by atoms with Crippen molar-refractivity contribution >= 4 is 40.3 Å². The van der Waals surface area contributed by atoms with E-state index in [-0.39, 0.29) is 0 Å². The number of ether oxygens (including phenoxy) is 3. The maximum Gasteiger partial charge on any atom is 0.173 e. The van der Waals surface area contributed by atoms with Crippen LogP contribution in [-0.2, 0) is 0 Å². The minimum absolute atomic E-state index is 0.489. The molecule has 0 bridgehead atoms. The molecular weight excluding hydrogens is 398 g/mol. The van der Waals surface area contributed by atoms with Crippen molar-refractivity contribution in [1.29, 1.82) is 0 Å². The molecule has 0 amide bonds. The quantitative estimate of drug-likeness (QED) is 0.735. The minimum Gasteiger partial charge on any atom is -0.497 e. The highest BCUT2D eigenvalue weighted by Gasteiger charge is 2.21. The van der Waals surface area contributed by atoms with Gasteiger partial charge in [0, 0.05) is 50.1 Å². The van der Waals surface area contributed by atoms with Gasteiger partial charge in [0.15, 0.2) is 5.11 Å². The van der Waals surface area contributed by atoms with E-state index in [1.54, 1.807) is 33.5 Å². The van der Waals surface area contributed by atoms with E-state index in [0.717, 1.165) is 43.3 Å². The van der Waals surface area contributed by atoms with Crippen molar-refractivity contribution in [1.82, 2.24) is 4.90 Å². The summed E-state index contributed by atoms with van der Waals surface area (Å²) in [4.78, 5) is 4.47. The van der Waals surface area contributed by atoms with Crippen LogP contribution in [0.1, 0.15) is 0 Å². The Balaban J connectivity index is 1.64. The van der Waals surface area contributed by atoms with Gasteiger partial charge < -0.3 is 29.3 Å². The average molecular weight is 422 g/mol. The third kappa shape index (κ3) is 4.54. The second-order valence-corrected chi connectivity index (χ2v) is 7.09. The van der Waals surface area contributed by atoms with Gasteiger partial charge in [-0.15, -0.1) is 0 Å². The second kappa shape index (κ2) is 9.21. The summed E-state index contributed by atoms with van der Waals surface area (Å²) in [6, 6.07) is 11.6. The van der Waals surface area contributed by atoms with Gasteiger partial charge >= 0.3 is 0 Å². The number of thiocarbonyl (C=S) groups is 1. The molecule has 0 aliphatic carbocycles. The number of nitrogens with zero attached hydrogens (tertiary/aromatic N) is 2. The molecule has 0 radical (unpaired) electrons. The predicted molar refractivity (Wildman–Crippen MR) is 118 cm³/mol. The fourth-order valence-electron chi connectivity index (χ4n) is 3.13. The van der Waals surface area contributed by atoms with E-state index < -0.39 is 0 Å². The van der Waals surface area contributed by atoms with Gasteiger partial charge in [0.25, 0.3) is 0 Å². The van der Waals surface area contributed by atoms with Crippen LogP contribution in [0.5, 0.6) is 17.2 Å². The van der Waals surface area contributed by atoms with Crippen molar-refractivity contribution in [2.45, 2.75) is 0 Å². The number of rotatable bonds is 5. The van der Waals surface area contributed by atoms with Gasteiger partial charge in [-0.1, -0.05) is 17.7 Å². The van der Waals surface area contributed by atoms with Gasteiger partial charge in [0.05, 0.1) is 32.0 Å². The Bertz CT molecular complexity index is 841. The predicted octanol–water partition coefficient (Wildman–Crippen LogP) is 3.88. The smallest absolute Gasteiger partial charge is 0.173 e. The van der Waals surface area contributed by atoms with Crippen LogP contribution in [0.3, 0.4) is 0 Å². The maximum atomic E-state index is 6.17. The number of hydrogen-bond acceptors (Lipinski definition) is 5. The Morgan fingerprint density at radius 1 is 0.964 bits per heavy atom. The van der Waals surface area contributed by atoms with Gasteiger partial charge in [0.1, 0.15) is 17.2 Å². The van der Waals surface area contributed by atoms with Gasteiger partial charge in [0.2, 0.25) is 0 Å². The summed E-state index contributed by atoms with van der Waals surface area (Å²) in [5, 5.41) is 4.40. The standard InChI is InChI=1S/C20H24ClN3O3S/c1-25-15-6-4-5-14(11-15)23-7-9-24(10-8-23)20(28)22-17-13-18(26-2)16(21)12-19(17)27-3/h4-6,11-13H,7-10H2,1-3H3,(H,22,28). The van der Waals surface area contributed by atoms with Crippen molar-refractivity contribution in [2.75, 3.05) is 57.7 Å². The molecule has 1 fully saturated rings. The Morgan fingerprint density at radius 3 is 2.32 bits per heavy atom. The molecule has 3 rings (SSSR count). The summed E-state index contributed by atoms with van der Waals surface area (Å²) >= 11 is 11.8. The molecule has 2 aromatic rings. The molecule has 6 nitrogen and oxygen atoms in total. The summed E-state index contributed by atoms with van der Waals surface area (Å²) in [7, 11) is 4.86. The number of halogens is 1. The Labute approximate surface area is 175 Å². The van der Waals surface area contributed by atoms with E-state index in [1.165, 1.54) is 0 Å². The summed E-state index contributed by atoms with van der Waals surface area (Å²) in [6.07, 6.45) is 0. The summed E-state index contributed by atoms with van der Waals surface area (Å²) in [5.74, 6) is 2.04. The summed E-state index contributed by atoms with van der Waals surface area (Å²) in [5.41, 5.74) is 1.88. The van der Waals surface area contributed by atoms with E-state index in [9.17, 15) is 0 Å². The molecule has 1 aliphatic rings. The van der Waals surface area contributed by atoms with Gasteiger partial charge in [-0.2, -0.15) is 0 Å². The molecular formula is C20H24ClN3O3S. The lowest BCUT2D eigenvalue weighted by Gasteiger charge is -2.37. The van der Waals surface area contributed by atoms with Crippen molar-refractivity contribution in [3.63, 3.8) is 0 Å². The first-order valence-electron chi connectivity index (χ1n) is 8.92. The monoisotopic (exact) mass is 421 g/mol. The highest BCUT2D eigenvalue weighted by atomic mass is 35.5. The van der Waals surface area contributed by atoms with E-state index in [0.29, 0.717) is 21.6 Å². The third-order valence-corrected chi connectivity index (χ3v) is 5.36. The molecule has 0 atom stereocenters. The first-order chi connectivity index (χ1) is 13.5. The van der Waals surface area contributed by atoms with Gasteiger partial charge in [-0.05, 0) is 24.4 Å². The molecule has 150 valence electrons. The number of piperazine rings is 1. The fraction of sp³-hybridized carbons (Fsp3) is 0.350. The van der Waals surface area contributed by atoms with Crippen LogP contribution in [0.4, 0.5) is 11.4 Å². The fourth-order valence-corrected chi connectivity index (χ4v) is 3.65. The lowest BCUT2D eigenvalue weighted by atomic mass is 10.2. The molecule has 1 heterocycles. The van der Waals surface area contributed by atoms with Crippen molar-refractivity contribution in [3.05, 3.63) is 41.4 Å². The van der Waals surface area contributed by atoms with Gasteiger partial charge in [-0.3, -0.25) is 0 Å². The maximum absolute atomic E-state index is 6.17. The topological polar surface area (TPSA) is 46.2 Å². The highest BCUT2D eigenvalue weighted by molar-refractivity contribution is 7.80. The van der Waals surface area contributed by atoms with E-state index >= 15 is 0 Å². The zero-order valence-electron chi connectivity index (χ0n) is 16.2. The van der Waals surface area contributed by atoms with Crippen LogP contribution >= 0.6 is 23.8 Å². The number of hydrogen-bond donors (Lipinski definition) is 1. The van der Waals surface area contributed by atoms with Crippen LogP contribution in [0.15, 0.2) is 36.4 Å². The second-order valence-electron chi connectivity index (χ2n) is 6.29. The first kappa shape index (κ1) is 20.4. The van der Waals surface area contributed by atoms with Gasteiger partial charge in [-0.25, -0.2) is 0 Å². The molecule has 1 saturated heterocycles. The molecule has 0 unspecified atom stereocenters. The zero-order valence-corrected chi connectivity index (χ0v) is 17.8. The van der Waals surface area contributed by atoms with Crippen LogP contribution in [0.2, 0.25) is 5.02 Å². The molecule has 8 heteroatoms. The number of methoxy groups -OCH3 is 3. The first-order valence-corrected chi connectivity index (χ1v) is 9.70. The Hall–Kier alpha value is -2.38. The number of benzene rings is 2. The number of anilines is 2. The lowest BCUT2D eigenvalue weighted by Crippen LogP contribution is -2.50. The molecule has 28 heavy (non-hydrogen) atoms. The third-order valence-electron chi connectivity index (χ3n) is 4.70. The van der Waals surface area contributed by atoms with Crippen LogP contribution < -0.4 is 24.4 Å². The largest absolute Gasteiger partial charge is 0.497 e. The van der Waals surface area contributed by atoms with E-state index in [1.807, 2.05) is 12.1 Å². The normalized spacial score (nSPS) is 13.9. The molecule has 0 spiro atoms. The van der Waals surface area contributed by atoms with Crippen molar-refractivity contribution in [3.8, 4) is 17.2 Å². The summed E-state index contributed by atoms with van der Waals surface area (Å²) in [6.45, 7) is 3.37.